The van der Waals surface area contributed by atoms with Crippen molar-refractivity contribution in [1.82, 2.24) is 9.55 Å². The van der Waals surface area contributed by atoms with Gasteiger partial charge in [0.1, 0.15) is 0 Å². The number of hydrogen-bond acceptors (Lipinski definition) is 4. The molecule has 1 fully saturated rings. The minimum absolute atomic E-state index is 0.0617. The number of rotatable bonds is 7. The fraction of sp³-hybridized carbons (Fsp3) is 0.529. The van der Waals surface area contributed by atoms with Crippen molar-refractivity contribution in [2.75, 3.05) is 24.3 Å². The molecule has 1 atom stereocenters. The van der Waals surface area contributed by atoms with Crippen LogP contribution in [0.15, 0.2) is 24.3 Å². The lowest BCUT2D eigenvalue weighted by Gasteiger charge is -2.12. The quantitative estimate of drug-likeness (QED) is 0.790. The highest BCUT2D eigenvalue weighted by atomic mass is 32.2. The Morgan fingerprint density at radius 2 is 2.35 bits per heavy atom. The molecule has 23 heavy (non-hydrogen) atoms. The van der Waals surface area contributed by atoms with Crippen LogP contribution in [0.4, 0.5) is 5.95 Å². The molecule has 1 aliphatic heterocycles. The Balaban J connectivity index is 1.78. The van der Waals surface area contributed by atoms with Crippen LogP contribution in [0.1, 0.15) is 26.2 Å². The summed E-state index contributed by atoms with van der Waals surface area (Å²) in [5.41, 5.74) is 1.97. The van der Waals surface area contributed by atoms with Crippen LogP contribution in [0.5, 0.6) is 0 Å². The molecule has 1 saturated heterocycles. The van der Waals surface area contributed by atoms with Gasteiger partial charge in [-0.05, 0) is 44.1 Å². The SMILES string of the molecule is CCOCCCn1c(NC(=O)C2CCCS2)nc2ccccc21. The molecule has 124 valence electrons. The Morgan fingerprint density at radius 3 is 3.13 bits per heavy atom. The van der Waals surface area contributed by atoms with Gasteiger partial charge in [-0.1, -0.05) is 12.1 Å². The van der Waals surface area contributed by atoms with Gasteiger partial charge in [-0.25, -0.2) is 4.98 Å². The van der Waals surface area contributed by atoms with Gasteiger partial charge in [-0.2, -0.15) is 0 Å². The van der Waals surface area contributed by atoms with E-state index in [-0.39, 0.29) is 11.2 Å². The van der Waals surface area contributed by atoms with E-state index in [0.717, 1.165) is 55.8 Å². The number of imidazole rings is 1. The van der Waals surface area contributed by atoms with Crippen molar-refractivity contribution in [2.24, 2.45) is 0 Å². The summed E-state index contributed by atoms with van der Waals surface area (Å²) in [6.45, 7) is 4.23. The molecule has 2 aromatic rings. The number of carbonyl (C=O) groups is 1. The second-order valence-corrected chi connectivity index (χ2v) is 6.93. The van der Waals surface area contributed by atoms with Crippen molar-refractivity contribution >= 4 is 34.7 Å². The van der Waals surface area contributed by atoms with E-state index >= 15 is 0 Å². The van der Waals surface area contributed by atoms with Crippen LogP contribution >= 0.6 is 11.8 Å². The number of nitrogens with zero attached hydrogens (tertiary/aromatic N) is 2. The number of para-hydroxylation sites is 2. The second-order valence-electron chi connectivity index (χ2n) is 5.62. The second kappa shape index (κ2) is 7.84. The van der Waals surface area contributed by atoms with E-state index in [1.54, 1.807) is 11.8 Å². The van der Waals surface area contributed by atoms with Crippen LogP contribution in [0.2, 0.25) is 0 Å². The Labute approximate surface area is 140 Å². The van der Waals surface area contributed by atoms with Gasteiger partial charge in [0.2, 0.25) is 11.9 Å². The Bertz CT molecular complexity index is 665. The number of thioether (sulfide) groups is 1. The van der Waals surface area contributed by atoms with Crippen molar-refractivity contribution in [2.45, 2.75) is 38.0 Å². The van der Waals surface area contributed by atoms with Crippen LogP contribution in [-0.4, -0.2) is 39.7 Å². The number of amides is 1. The lowest BCUT2D eigenvalue weighted by molar-refractivity contribution is -0.115. The number of aryl methyl sites for hydroxylation is 1. The number of anilines is 1. The highest BCUT2D eigenvalue weighted by molar-refractivity contribution is 8.00. The lowest BCUT2D eigenvalue weighted by Crippen LogP contribution is -2.25. The van der Waals surface area contributed by atoms with Gasteiger partial charge >= 0.3 is 0 Å². The monoisotopic (exact) mass is 333 g/mol. The lowest BCUT2D eigenvalue weighted by atomic mass is 10.2. The van der Waals surface area contributed by atoms with E-state index in [1.807, 2.05) is 31.2 Å². The van der Waals surface area contributed by atoms with Gasteiger partial charge < -0.3 is 9.30 Å². The maximum atomic E-state index is 12.4. The Morgan fingerprint density at radius 1 is 1.48 bits per heavy atom. The topological polar surface area (TPSA) is 56.1 Å². The molecular formula is C17H23N3O2S. The zero-order valence-electron chi connectivity index (χ0n) is 13.5. The van der Waals surface area contributed by atoms with E-state index in [0.29, 0.717) is 5.95 Å². The first kappa shape index (κ1) is 16.3. The summed E-state index contributed by atoms with van der Waals surface area (Å²) in [5, 5.41) is 3.10. The number of nitrogens with one attached hydrogen (secondary N) is 1. The zero-order valence-corrected chi connectivity index (χ0v) is 14.3. The number of fused-ring (bicyclic) bond motifs is 1. The minimum Gasteiger partial charge on any atom is -0.382 e. The van der Waals surface area contributed by atoms with Crippen LogP contribution in [0, 0.1) is 0 Å². The molecule has 3 rings (SSSR count). The minimum atomic E-state index is 0.0617. The van der Waals surface area contributed by atoms with Crippen molar-refractivity contribution in [3.63, 3.8) is 0 Å². The summed E-state index contributed by atoms with van der Waals surface area (Å²) in [6, 6.07) is 8.00. The molecular weight excluding hydrogens is 310 g/mol. The first-order chi connectivity index (χ1) is 11.3. The van der Waals surface area contributed by atoms with E-state index in [9.17, 15) is 4.79 Å². The summed E-state index contributed by atoms with van der Waals surface area (Å²) in [7, 11) is 0. The first-order valence-corrected chi connectivity index (χ1v) is 9.30. The van der Waals surface area contributed by atoms with Gasteiger partial charge in [0.05, 0.1) is 16.3 Å². The fourth-order valence-corrected chi connectivity index (χ4v) is 4.00. The van der Waals surface area contributed by atoms with Crippen molar-refractivity contribution in [1.29, 1.82) is 0 Å². The van der Waals surface area contributed by atoms with Crippen LogP contribution in [0.25, 0.3) is 11.0 Å². The molecule has 1 unspecified atom stereocenters. The molecule has 1 aromatic heterocycles. The van der Waals surface area contributed by atoms with Gasteiger partial charge in [0.25, 0.3) is 0 Å². The number of ether oxygens (including phenoxy) is 1. The molecule has 6 heteroatoms. The molecule has 1 amide bonds. The van der Waals surface area contributed by atoms with Gasteiger partial charge in [-0.3, -0.25) is 10.1 Å². The van der Waals surface area contributed by atoms with E-state index in [1.165, 1.54) is 0 Å². The van der Waals surface area contributed by atoms with Crippen molar-refractivity contribution in [3.8, 4) is 0 Å². The number of aromatic nitrogens is 2. The Kier molecular flexibility index (Phi) is 5.56. The molecule has 0 spiro atoms. The van der Waals surface area contributed by atoms with Gasteiger partial charge in [-0.15, -0.1) is 11.8 Å². The third-order valence-electron chi connectivity index (χ3n) is 3.99. The van der Waals surface area contributed by atoms with E-state index in [2.05, 4.69) is 14.9 Å². The molecule has 1 aliphatic rings. The van der Waals surface area contributed by atoms with Gasteiger partial charge in [0.15, 0.2) is 0 Å². The molecule has 0 aliphatic carbocycles. The Hall–Kier alpha value is -1.53. The average molecular weight is 333 g/mol. The summed E-state index contributed by atoms with van der Waals surface area (Å²) in [5.74, 6) is 1.80. The predicted octanol–water partition coefficient (Wildman–Crippen LogP) is 3.30. The summed E-state index contributed by atoms with van der Waals surface area (Å²) >= 11 is 1.74. The number of carbonyl (C=O) groups excluding carboxylic acids is 1. The average Bonchev–Trinajstić information content (AvgIpc) is 3.20. The highest BCUT2D eigenvalue weighted by Gasteiger charge is 2.25. The van der Waals surface area contributed by atoms with Crippen LogP contribution in [0.3, 0.4) is 0 Å². The van der Waals surface area contributed by atoms with E-state index < -0.39 is 0 Å². The van der Waals surface area contributed by atoms with Crippen LogP contribution in [-0.2, 0) is 16.1 Å². The zero-order chi connectivity index (χ0) is 16.1. The third kappa shape index (κ3) is 3.87. The largest absolute Gasteiger partial charge is 0.382 e. The maximum Gasteiger partial charge on any atom is 0.239 e. The molecule has 5 nitrogen and oxygen atoms in total. The highest BCUT2D eigenvalue weighted by Crippen LogP contribution is 2.28. The first-order valence-electron chi connectivity index (χ1n) is 8.25. The predicted molar refractivity (Wildman–Crippen MR) is 95.0 cm³/mol. The van der Waals surface area contributed by atoms with Gasteiger partial charge in [0, 0.05) is 19.8 Å². The molecule has 0 radical (unpaired) electrons. The van der Waals surface area contributed by atoms with Crippen molar-refractivity contribution in [3.05, 3.63) is 24.3 Å². The number of benzene rings is 1. The molecule has 2 heterocycles. The smallest absolute Gasteiger partial charge is 0.239 e. The molecule has 1 N–H and O–H groups in total. The summed E-state index contributed by atoms with van der Waals surface area (Å²) in [6.07, 6.45) is 2.98. The maximum absolute atomic E-state index is 12.4. The summed E-state index contributed by atoms with van der Waals surface area (Å²) in [4.78, 5) is 17.0. The molecule has 0 saturated carbocycles. The molecule has 0 bridgehead atoms. The fourth-order valence-electron chi connectivity index (χ4n) is 2.84. The van der Waals surface area contributed by atoms with Crippen molar-refractivity contribution < 1.29 is 9.53 Å². The van der Waals surface area contributed by atoms with E-state index in [4.69, 9.17) is 4.74 Å². The molecule has 1 aromatic carbocycles. The summed E-state index contributed by atoms with van der Waals surface area (Å²) < 4.78 is 7.51. The van der Waals surface area contributed by atoms with Crippen LogP contribution < -0.4 is 5.32 Å². The third-order valence-corrected chi connectivity index (χ3v) is 5.36. The normalized spacial score (nSPS) is 17.7. The standard InChI is InChI=1S/C17H23N3O2S/c1-2-22-11-6-10-20-14-8-4-3-7-13(14)18-17(20)19-16(21)15-9-5-12-23-15/h3-4,7-8,15H,2,5-6,9-12H2,1H3,(H,18,19,21). The number of hydrogen-bond donors (Lipinski definition) is 1.